The van der Waals surface area contributed by atoms with Crippen LogP contribution in [0.2, 0.25) is 0 Å². The molecule has 25 heavy (non-hydrogen) atoms. The largest absolute Gasteiger partial charge is 0.103 e. The molecular formula is C25H44. The van der Waals surface area contributed by atoms with Crippen LogP contribution < -0.4 is 0 Å². The van der Waals surface area contributed by atoms with Crippen LogP contribution in [0.4, 0.5) is 0 Å². The van der Waals surface area contributed by atoms with E-state index in [9.17, 15) is 0 Å². The van der Waals surface area contributed by atoms with Crippen molar-refractivity contribution < 1.29 is 0 Å². The number of allylic oxidation sites excluding steroid dienone is 3. The van der Waals surface area contributed by atoms with Crippen molar-refractivity contribution in [1.29, 1.82) is 0 Å². The standard InChI is InChI=1S/C25H44/c1-3-5-6-7-8-11-23-18-20-25(21-19-23)13-10-9-12-24-16-14-22(4-2)15-17-24/h4,9,12,22-25H,2-3,5-8,10-11,13-21H2,1H3. The summed E-state index contributed by atoms with van der Waals surface area (Å²) in [7, 11) is 0. The summed E-state index contributed by atoms with van der Waals surface area (Å²) >= 11 is 0. The van der Waals surface area contributed by atoms with E-state index >= 15 is 0 Å². The first kappa shape index (κ1) is 20.8. The first-order valence-corrected chi connectivity index (χ1v) is 11.6. The maximum absolute atomic E-state index is 3.95. The highest BCUT2D eigenvalue weighted by Crippen LogP contribution is 2.35. The van der Waals surface area contributed by atoms with Gasteiger partial charge < -0.3 is 0 Å². The predicted octanol–water partition coefficient (Wildman–Crippen LogP) is 8.48. The Bertz CT molecular complexity index is 350. The van der Waals surface area contributed by atoms with Gasteiger partial charge in [-0.15, -0.1) is 6.58 Å². The number of unbranched alkanes of at least 4 members (excludes halogenated alkanes) is 4. The molecule has 0 radical (unpaired) electrons. The monoisotopic (exact) mass is 344 g/mol. The van der Waals surface area contributed by atoms with Crippen molar-refractivity contribution in [1.82, 2.24) is 0 Å². The van der Waals surface area contributed by atoms with Crippen LogP contribution in [-0.4, -0.2) is 0 Å². The van der Waals surface area contributed by atoms with E-state index in [2.05, 4.69) is 31.7 Å². The number of hydrogen-bond donors (Lipinski definition) is 0. The van der Waals surface area contributed by atoms with Crippen molar-refractivity contribution in [3.05, 3.63) is 24.8 Å². The highest BCUT2D eigenvalue weighted by atomic mass is 14.3. The highest BCUT2D eigenvalue weighted by molar-refractivity contribution is 4.94. The van der Waals surface area contributed by atoms with Crippen LogP contribution >= 0.6 is 0 Å². The summed E-state index contributed by atoms with van der Waals surface area (Å²) in [6.45, 7) is 6.26. The van der Waals surface area contributed by atoms with Gasteiger partial charge in [-0.3, -0.25) is 0 Å². The number of rotatable bonds is 11. The van der Waals surface area contributed by atoms with Gasteiger partial charge in [-0.25, -0.2) is 0 Å². The Morgan fingerprint density at radius 2 is 1.32 bits per heavy atom. The molecule has 2 rings (SSSR count). The van der Waals surface area contributed by atoms with Crippen molar-refractivity contribution in [3.8, 4) is 0 Å². The Morgan fingerprint density at radius 3 is 1.96 bits per heavy atom. The molecule has 2 fully saturated rings. The highest BCUT2D eigenvalue weighted by Gasteiger charge is 2.20. The molecule has 2 saturated carbocycles. The summed E-state index contributed by atoms with van der Waals surface area (Å²) in [5, 5.41) is 0. The van der Waals surface area contributed by atoms with Gasteiger partial charge >= 0.3 is 0 Å². The van der Waals surface area contributed by atoms with Crippen molar-refractivity contribution in [2.24, 2.45) is 23.7 Å². The first-order chi connectivity index (χ1) is 12.3. The van der Waals surface area contributed by atoms with Crippen molar-refractivity contribution in [3.63, 3.8) is 0 Å². The van der Waals surface area contributed by atoms with Crippen LogP contribution in [0.15, 0.2) is 24.8 Å². The summed E-state index contributed by atoms with van der Waals surface area (Å²) < 4.78 is 0. The second-order valence-corrected chi connectivity index (χ2v) is 9.01. The molecule has 0 heteroatoms. The Balaban J connectivity index is 1.48. The van der Waals surface area contributed by atoms with E-state index in [0.29, 0.717) is 0 Å². The lowest BCUT2D eigenvalue weighted by Crippen LogP contribution is -2.14. The molecule has 0 bridgehead atoms. The molecule has 0 unspecified atom stereocenters. The molecule has 0 amide bonds. The van der Waals surface area contributed by atoms with Gasteiger partial charge in [0, 0.05) is 0 Å². The molecule has 0 nitrogen and oxygen atoms in total. The molecule has 0 aliphatic heterocycles. The fourth-order valence-corrected chi connectivity index (χ4v) is 5.04. The average Bonchev–Trinajstić information content (AvgIpc) is 2.66. The maximum Gasteiger partial charge on any atom is -0.0233 e. The van der Waals surface area contributed by atoms with Gasteiger partial charge in [-0.2, -0.15) is 0 Å². The molecule has 2 aliphatic rings. The fraction of sp³-hybridized carbons (Fsp3) is 0.840. The van der Waals surface area contributed by atoms with Crippen LogP contribution in [-0.2, 0) is 0 Å². The van der Waals surface area contributed by atoms with E-state index in [1.165, 1.54) is 103 Å². The van der Waals surface area contributed by atoms with Crippen molar-refractivity contribution in [2.75, 3.05) is 0 Å². The van der Waals surface area contributed by atoms with E-state index in [1.54, 1.807) is 0 Å². The molecule has 0 aromatic heterocycles. The Labute approximate surface area is 158 Å². The van der Waals surface area contributed by atoms with Gasteiger partial charge in [0.05, 0.1) is 0 Å². The minimum Gasteiger partial charge on any atom is -0.103 e. The fourth-order valence-electron chi connectivity index (χ4n) is 5.04. The van der Waals surface area contributed by atoms with Crippen LogP contribution in [0.25, 0.3) is 0 Å². The van der Waals surface area contributed by atoms with E-state index in [-0.39, 0.29) is 0 Å². The van der Waals surface area contributed by atoms with Gasteiger partial charge in [-0.1, -0.05) is 89.4 Å². The summed E-state index contributed by atoms with van der Waals surface area (Å²) in [6, 6.07) is 0. The van der Waals surface area contributed by atoms with E-state index in [1.807, 2.05) is 0 Å². The Hall–Kier alpha value is -0.520. The topological polar surface area (TPSA) is 0 Å². The van der Waals surface area contributed by atoms with Crippen LogP contribution in [0.5, 0.6) is 0 Å². The summed E-state index contributed by atoms with van der Waals surface area (Å²) in [5.74, 6) is 3.75. The molecule has 0 heterocycles. The zero-order chi connectivity index (χ0) is 17.7. The first-order valence-electron chi connectivity index (χ1n) is 11.6. The smallest absolute Gasteiger partial charge is 0.0233 e. The zero-order valence-electron chi connectivity index (χ0n) is 17.1. The zero-order valence-corrected chi connectivity index (χ0v) is 17.1. The quantitative estimate of drug-likeness (QED) is 0.260. The third kappa shape index (κ3) is 8.61. The van der Waals surface area contributed by atoms with E-state index in [4.69, 9.17) is 0 Å². The molecule has 144 valence electrons. The molecule has 0 N–H and O–H groups in total. The molecule has 0 aromatic carbocycles. The van der Waals surface area contributed by atoms with Gasteiger partial charge in [0.15, 0.2) is 0 Å². The normalized spacial score (nSPS) is 30.6. The van der Waals surface area contributed by atoms with Crippen molar-refractivity contribution >= 4 is 0 Å². The second kappa shape index (κ2) is 12.8. The molecule has 0 spiro atoms. The van der Waals surface area contributed by atoms with E-state index in [0.717, 1.165) is 23.7 Å². The molecule has 0 aromatic rings. The molecule has 0 atom stereocenters. The minimum atomic E-state index is 0.798. The SMILES string of the molecule is C=CC1CCC(C=CCCC2CCC(CCCCCCC)CC2)CC1. The van der Waals surface area contributed by atoms with Crippen molar-refractivity contribution in [2.45, 2.75) is 110 Å². The van der Waals surface area contributed by atoms with Gasteiger partial charge in [0.25, 0.3) is 0 Å². The average molecular weight is 345 g/mol. The lowest BCUT2D eigenvalue weighted by atomic mass is 9.78. The number of hydrogen-bond acceptors (Lipinski definition) is 0. The summed E-state index contributed by atoms with van der Waals surface area (Å²) in [5.41, 5.74) is 0. The lowest BCUT2D eigenvalue weighted by Gasteiger charge is -2.28. The minimum absolute atomic E-state index is 0.798. The van der Waals surface area contributed by atoms with Crippen LogP contribution in [0.1, 0.15) is 110 Å². The van der Waals surface area contributed by atoms with Gasteiger partial charge in [0.2, 0.25) is 0 Å². The maximum atomic E-state index is 3.95. The third-order valence-corrected chi connectivity index (χ3v) is 6.98. The second-order valence-electron chi connectivity index (χ2n) is 9.01. The molecule has 0 saturated heterocycles. The van der Waals surface area contributed by atoms with E-state index < -0.39 is 0 Å². The van der Waals surface area contributed by atoms with Crippen LogP contribution in [0.3, 0.4) is 0 Å². The van der Waals surface area contributed by atoms with Gasteiger partial charge in [0.1, 0.15) is 0 Å². The predicted molar refractivity (Wildman–Crippen MR) is 113 cm³/mol. The lowest BCUT2D eigenvalue weighted by molar-refractivity contribution is 0.249. The third-order valence-electron chi connectivity index (χ3n) is 6.98. The summed E-state index contributed by atoms with van der Waals surface area (Å²) in [6.07, 6.45) is 30.3. The van der Waals surface area contributed by atoms with Gasteiger partial charge in [-0.05, 0) is 62.2 Å². The molecule has 2 aliphatic carbocycles. The molecular weight excluding hydrogens is 300 g/mol. The Kier molecular flexibility index (Phi) is 10.6. The summed E-state index contributed by atoms with van der Waals surface area (Å²) in [4.78, 5) is 0. The Morgan fingerprint density at radius 1 is 0.720 bits per heavy atom. The van der Waals surface area contributed by atoms with Crippen LogP contribution in [0, 0.1) is 23.7 Å².